The first-order valence-electron chi connectivity index (χ1n) is 7.91. The molecule has 2 aromatic carbocycles. The molecule has 0 atom stereocenters. The first-order chi connectivity index (χ1) is 12.4. The topological polar surface area (TPSA) is 70.4 Å². The van der Waals surface area contributed by atoms with Crippen LogP contribution in [0.2, 0.25) is 0 Å². The van der Waals surface area contributed by atoms with E-state index in [4.69, 9.17) is 0 Å². The van der Waals surface area contributed by atoms with Crippen LogP contribution in [0.5, 0.6) is 5.75 Å². The van der Waals surface area contributed by atoms with E-state index in [0.717, 1.165) is 11.1 Å². The lowest BCUT2D eigenvalue weighted by molar-refractivity contribution is -0.144. The van der Waals surface area contributed by atoms with E-state index in [1.165, 1.54) is 6.07 Å². The van der Waals surface area contributed by atoms with Crippen molar-refractivity contribution in [3.8, 4) is 5.75 Å². The van der Waals surface area contributed by atoms with E-state index >= 15 is 0 Å². The van der Waals surface area contributed by atoms with Crippen molar-refractivity contribution in [2.75, 3.05) is 5.43 Å². The van der Waals surface area contributed by atoms with Gasteiger partial charge in [0.2, 0.25) is 5.82 Å². The van der Waals surface area contributed by atoms with Gasteiger partial charge in [-0.05, 0) is 31.0 Å². The lowest BCUT2D eigenvalue weighted by Crippen LogP contribution is -2.13. The third-order valence-electron chi connectivity index (χ3n) is 4.23. The number of nitrogens with zero attached hydrogens (tertiary/aromatic N) is 3. The van der Waals surface area contributed by atoms with Gasteiger partial charge in [0.25, 0.3) is 0 Å². The quantitative estimate of drug-likeness (QED) is 0.676. The van der Waals surface area contributed by atoms with Gasteiger partial charge < -0.3 is 5.11 Å². The molecule has 1 aromatic heterocycles. The first-order valence-corrected chi connectivity index (χ1v) is 7.91. The van der Waals surface area contributed by atoms with Crippen molar-refractivity contribution in [1.29, 1.82) is 0 Å². The smallest absolute Gasteiger partial charge is 0.451 e. The molecule has 0 saturated carbocycles. The Kier molecular flexibility index (Phi) is 3.75. The van der Waals surface area contributed by atoms with Crippen LogP contribution in [0.15, 0.2) is 47.6 Å². The maximum Gasteiger partial charge on any atom is 0.451 e. The summed E-state index contributed by atoms with van der Waals surface area (Å²) in [5.41, 5.74) is 5.07. The maximum absolute atomic E-state index is 13.1. The minimum Gasteiger partial charge on any atom is -0.508 e. The van der Waals surface area contributed by atoms with Crippen LogP contribution in [0.4, 0.5) is 19.0 Å². The summed E-state index contributed by atoms with van der Waals surface area (Å²) >= 11 is 0. The number of nitrogens with one attached hydrogen (secondary N) is 1. The number of aromatic hydroxyl groups is 1. The Hall–Kier alpha value is -3.16. The van der Waals surface area contributed by atoms with E-state index in [1.54, 1.807) is 30.3 Å². The highest BCUT2D eigenvalue weighted by atomic mass is 19.4. The SMILES string of the molecule is Oc1cccc2c1CCC2=NNc1nc(C(F)(F)F)nc2ccccc12. The van der Waals surface area contributed by atoms with Crippen molar-refractivity contribution >= 4 is 22.4 Å². The van der Waals surface area contributed by atoms with Crippen LogP contribution in [0.1, 0.15) is 23.4 Å². The summed E-state index contributed by atoms with van der Waals surface area (Å²) in [6, 6.07) is 11.6. The number of rotatable bonds is 2. The number of aromatic nitrogens is 2. The highest BCUT2D eigenvalue weighted by molar-refractivity contribution is 6.05. The Morgan fingerprint density at radius 2 is 1.81 bits per heavy atom. The van der Waals surface area contributed by atoms with Crippen molar-refractivity contribution in [2.24, 2.45) is 5.10 Å². The molecule has 0 aliphatic heterocycles. The van der Waals surface area contributed by atoms with E-state index in [1.807, 2.05) is 6.07 Å². The first kappa shape index (κ1) is 16.3. The number of para-hydroxylation sites is 1. The number of hydrogen-bond donors (Lipinski definition) is 2. The second kappa shape index (κ2) is 5.98. The van der Waals surface area contributed by atoms with E-state index in [2.05, 4.69) is 20.5 Å². The normalized spacial score (nSPS) is 15.4. The zero-order valence-corrected chi connectivity index (χ0v) is 13.4. The van der Waals surface area contributed by atoms with Crippen LogP contribution in [0, 0.1) is 0 Å². The summed E-state index contributed by atoms with van der Waals surface area (Å²) in [5.74, 6) is -1.04. The fraction of sp³-hybridized carbons (Fsp3) is 0.167. The van der Waals surface area contributed by atoms with E-state index < -0.39 is 12.0 Å². The van der Waals surface area contributed by atoms with Gasteiger partial charge >= 0.3 is 6.18 Å². The van der Waals surface area contributed by atoms with Gasteiger partial charge in [-0.1, -0.05) is 24.3 Å². The summed E-state index contributed by atoms with van der Waals surface area (Å²) in [4.78, 5) is 7.18. The predicted molar refractivity (Wildman–Crippen MR) is 91.1 cm³/mol. The lowest BCUT2D eigenvalue weighted by atomic mass is 10.1. The van der Waals surface area contributed by atoms with Crippen molar-refractivity contribution < 1.29 is 18.3 Å². The number of halogens is 3. The largest absolute Gasteiger partial charge is 0.508 e. The second-order valence-corrected chi connectivity index (χ2v) is 5.88. The fourth-order valence-corrected chi connectivity index (χ4v) is 3.01. The maximum atomic E-state index is 13.1. The van der Waals surface area contributed by atoms with Gasteiger partial charge in [0.1, 0.15) is 5.75 Å². The van der Waals surface area contributed by atoms with Gasteiger partial charge in [-0.25, -0.2) is 9.97 Å². The lowest BCUT2D eigenvalue weighted by Gasteiger charge is -2.10. The number of phenolic OH excluding ortho intramolecular Hbond substituents is 1. The molecule has 0 radical (unpaired) electrons. The Balaban J connectivity index is 1.76. The standard InChI is InChI=1S/C18H13F3N4O/c19-18(20,21)17-22-13-6-2-1-4-12(13)16(23-17)25-24-14-9-8-11-10(14)5-3-7-15(11)26/h1-7,26H,8-9H2,(H,22,23,25). The zero-order valence-electron chi connectivity index (χ0n) is 13.4. The van der Waals surface area contributed by atoms with E-state index in [9.17, 15) is 18.3 Å². The van der Waals surface area contributed by atoms with Crippen molar-refractivity contribution in [1.82, 2.24) is 9.97 Å². The third-order valence-corrected chi connectivity index (χ3v) is 4.23. The minimum atomic E-state index is -4.65. The molecule has 0 spiro atoms. The Morgan fingerprint density at radius 1 is 1.00 bits per heavy atom. The number of benzene rings is 2. The highest BCUT2D eigenvalue weighted by Crippen LogP contribution is 2.32. The minimum absolute atomic E-state index is 0.0102. The van der Waals surface area contributed by atoms with Gasteiger partial charge in [-0.3, -0.25) is 5.43 Å². The molecule has 0 unspecified atom stereocenters. The predicted octanol–water partition coefficient (Wildman–Crippen LogP) is 4.12. The number of anilines is 1. The molecule has 0 amide bonds. The summed E-state index contributed by atoms with van der Waals surface area (Å²) in [7, 11) is 0. The van der Waals surface area contributed by atoms with Crippen molar-refractivity contribution in [3.05, 3.63) is 59.4 Å². The highest BCUT2D eigenvalue weighted by Gasteiger charge is 2.35. The Labute approximate surface area is 146 Å². The molecule has 26 heavy (non-hydrogen) atoms. The molecule has 4 rings (SSSR count). The molecule has 0 fully saturated rings. The molecule has 1 aliphatic rings. The molecule has 1 aliphatic carbocycles. The van der Waals surface area contributed by atoms with Gasteiger partial charge in [0.15, 0.2) is 5.82 Å². The van der Waals surface area contributed by atoms with Crippen LogP contribution in [0.3, 0.4) is 0 Å². The Bertz CT molecular complexity index is 1030. The average molecular weight is 358 g/mol. The summed E-state index contributed by atoms with van der Waals surface area (Å²) in [6.45, 7) is 0. The van der Waals surface area contributed by atoms with Crippen LogP contribution in [-0.4, -0.2) is 20.8 Å². The van der Waals surface area contributed by atoms with Crippen LogP contribution < -0.4 is 5.43 Å². The molecule has 132 valence electrons. The van der Waals surface area contributed by atoms with Crippen LogP contribution >= 0.6 is 0 Å². The molecular weight excluding hydrogens is 345 g/mol. The van der Waals surface area contributed by atoms with Gasteiger partial charge in [0.05, 0.1) is 11.2 Å². The third kappa shape index (κ3) is 2.83. The second-order valence-electron chi connectivity index (χ2n) is 5.88. The van der Waals surface area contributed by atoms with Gasteiger partial charge in [-0.15, -0.1) is 0 Å². The van der Waals surface area contributed by atoms with Crippen molar-refractivity contribution in [3.63, 3.8) is 0 Å². The number of alkyl halides is 3. The molecular formula is C18H13F3N4O. The van der Waals surface area contributed by atoms with Gasteiger partial charge in [-0.2, -0.15) is 18.3 Å². The molecule has 0 bridgehead atoms. The monoisotopic (exact) mass is 358 g/mol. The van der Waals surface area contributed by atoms with E-state index in [0.29, 0.717) is 23.9 Å². The van der Waals surface area contributed by atoms with Crippen LogP contribution in [-0.2, 0) is 12.6 Å². The molecule has 2 N–H and O–H groups in total. The zero-order chi connectivity index (χ0) is 18.3. The van der Waals surface area contributed by atoms with Gasteiger partial charge in [0, 0.05) is 16.5 Å². The number of phenols is 1. The molecule has 3 aromatic rings. The van der Waals surface area contributed by atoms with Crippen molar-refractivity contribution in [2.45, 2.75) is 19.0 Å². The molecule has 8 heteroatoms. The number of fused-ring (bicyclic) bond motifs is 2. The summed E-state index contributed by atoms with van der Waals surface area (Å²) in [5, 5.41) is 14.6. The average Bonchev–Trinajstić information content (AvgIpc) is 3.03. The molecule has 0 saturated heterocycles. The number of hydrogen-bond acceptors (Lipinski definition) is 5. The summed E-state index contributed by atoms with van der Waals surface area (Å²) < 4.78 is 39.2. The van der Waals surface area contributed by atoms with E-state index in [-0.39, 0.29) is 17.1 Å². The van der Waals surface area contributed by atoms with Crippen LogP contribution in [0.25, 0.3) is 10.9 Å². The molecule has 5 nitrogen and oxygen atoms in total. The number of hydrazone groups is 1. The summed E-state index contributed by atoms with van der Waals surface area (Å²) in [6.07, 6.45) is -3.45. The Morgan fingerprint density at radius 3 is 2.62 bits per heavy atom. The molecule has 1 heterocycles. The fourth-order valence-electron chi connectivity index (χ4n) is 3.01.